The van der Waals surface area contributed by atoms with Gasteiger partial charge >= 0.3 is 6.18 Å². The van der Waals surface area contributed by atoms with Gasteiger partial charge in [0.2, 0.25) is 0 Å². The van der Waals surface area contributed by atoms with Crippen molar-refractivity contribution in [3.05, 3.63) is 64.8 Å². The van der Waals surface area contributed by atoms with Crippen LogP contribution in [-0.2, 0) is 6.18 Å². The number of nitrogens with zero attached hydrogens (tertiary/aromatic N) is 1. The summed E-state index contributed by atoms with van der Waals surface area (Å²) in [6.07, 6.45) is -2.81. The van der Waals surface area contributed by atoms with Crippen LogP contribution in [0.4, 0.5) is 24.5 Å². The molecule has 0 aliphatic rings. The fraction of sp³-hybridized carbons (Fsp3) is 0.0625. The lowest BCUT2D eigenvalue weighted by molar-refractivity contribution is -0.137. The largest absolute Gasteiger partial charge is 0.416 e. The van der Waals surface area contributed by atoms with Crippen LogP contribution in [0.5, 0.6) is 0 Å². The molecule has 1 N–H and O–H groups in total. The smallest absolute Gasteiger partial charge is 0.355 e. The summed E-state index contributed by atoms with van der Waals surface area (Å²) in [5.74, 6) is 0. The minimum absolute atomic E-state index is 0.428. The Kier molecular flexibility index (Phi) is 3.78. The van der Waals surface area contributed by atoms with Crippen molar-refractivity contribution in [2.24, 2.45) is 0 Å². The Morgan fingerprint density at radius 1 is 1.00 bits per heavy atom. The third kappa shape index (κ3) is 3.06. The molecule has 0 amide bonds. The summed E-state index contributed by atoms with van der Waals surface area (Å²) in [5, 5.41) is 3.56. The van der Waals surface area contributed by atoms with E-state index in [-0.39, 0.29) is 0 Å². The Bertz CT molecular complexity index is 831. The molecule has 0 aliphatic carbocycles. The Morgan fingerprint density at radius 2 is 1.82 bits per heavy atom. The number of rotatable bonds is 2. The van der Waals surface area contributed by atoms with Gasteiger partial charge < -0.3 is 5.32 Å². The first-order chi connectivity index (χ1) is 10.4. The zero-order valence-corrected chi connectivity index (χ0v) is 12.7. The van der Waals surface area contributed by atoms with Crippen molar-refractivity contribution in [1.29, 1.82) is 0 Å². The number of anilines is 2. The zero-order chi connectivity index (χ0) is 15.7. The lowest BCUT2D eigenvalue weighted by Crippen LogP contribution is -2.04. The molecule has 0 bridgehead atoms. The molecule has 0 unspecified atom stereocenters. The van der Waals surface area contributed by atoms with Gasteiger partial charge in [-0.2, -0.15) is 13.2 Å². The van der Waals surface area contributed by atoms with Gasteiger partial charge in [0.1, 0.15) is 0 Å². The van der Waals surface area contributed by atoms with E-state index in [2.05, 4.69) is 26.2 Å². The van der Waals surface area contributed by atoms with Gasteiger partial charge in [-0.05, 0) is 42.5 Å². The number of hydrogen-bond acceptors (Lipinski definition) is 2. The van der Waals surface area contributed by atoms with E-state index in [1.54, 1.807) is 12.3 Å². The number of fused-ring (bicyclic) bond motifs is 1. The SMILES string of the molecule is FC(F)(F)c1ccc2nccc(Nc3cccc(Br)c3)c2c1. The maximum atomic E-state index is 12.9. The van der Waals surface area contributed by atoms with E-state index in [0.717, 1.165) is 22.3 Å². The molecule has 0 fully saturated rings. The molecule has 0 spiro atoms. The first kappa shape index (κ1) is 14.8. The van der Waals surface area contributed by atoms with Gasteiger partial charge in [0, 0.05) is 27.4 Å². The normalized spacial score (nSPS) is 11.6. The van der Waals surface area contributed by atoms with E-state index < -0.39 is 11.7 Å². The summed E-state index contributed by atoms with van der Waals surface area (Å²) < 4.78 is 39.5. The maximum Gasteiger partial charge on any atom is 0.416 e. The number of benzene rings is 2. The molecule has 1 heterocycles. The average Bonchev–Trinajstić information content (AvgIpc) is 2.46. The van der Waals surface area contributed by atoms with Crippen LogP contribution in [-0.4, -0.2) is 4.98 Å². The molecule has 2 aromatic carbocycles. The summed E-state index contributed by atoms with van der Waals surface area (Å²) in [5.41, 5.74) is 1.17. The zero-order valence-electron chi connectivity index (χ0n) is 11.2. The van der Waals surface area contributed by atoms with E-state index in [1.165, 1.54) is 6.07 Å². The molecule has 0 radical (unpaired) electrons. The topological polar surface area (TPSA) is 24.9 Å². The molecular weight excluding hydrogens is 357 g/mol. The highest BCUT2D eigenvalue weighted by Gasteiger charge is 2.30. The summed E-state index contributed by atoms with van der Waals surface area (Å²) >= 11 is 3.36. The second-order valence-electron chi connectivity index (χ2n) is 4.72. The van der Waals surface area contributed by atoms with Crippen molar-refractivity contribution < 1.29 is 13.2 Å². The predicted molar refractivity (Wildman–Crippen MR) is 84.2 cm³/mol. The number of halogens is 4. The number of nitrogens with one attached hydrogen (secondary N) is 1. The highest BCUT2D eigenvalue weighted by atomic mass is 79.9. The van der Waals surface area contributed by atoms with Crippen LogP contribution in [0.2, 0.25) is 0 Å². The Morgan fingerprint density at radius 3 is 2.55 bits per heavy atom. The van der Waals surface area contributed by atoms with Crippen molar-refractivity contribution in [2.75, 3.05) is 5.32 Å². The quantitative estimate of drug-likeness (QED) is 0.623. The highest BCUT2D eigenvalue weighted by Crippen LogP contribution is 2.34. The molecule has 0 saturated heterocycles. The van der Waals surface area contributed by atoms with Crippen molar-refractivity contribution in [3.63, 3.8) is 0 Å². The molecule has 0 atom stereocenters. The van der Waals surface area contributed by atoms with Crippen molar-refractivity contribution in [1.82, 2.24) is 4.98 Å². The third-order valence-corrected chi connectivity index (χ3v) is 3.67. The van der Waals surface area contributed by atoms with Crippen LogP contribution in [0.15, 0.2) is 59.2 Å². The molecule has 3 rings (SSSR count). The van der Waals surface area contributed by atoms with Gasteiger partial charge in [-0.15, -0.1) is 0 Å². The first-order valence-corrected chi connectivity index (χ1v) is 7.21. The minimum atomic E-state index is -4.38. The van der Waals surface area contributed by atoms with Gasteiger partial charge in [-0.1, -0.05) is 22.0 Å². The van der Waals surface area contributed by atoms with E-state index >= 15 is 0 Å². The molecule has 22 heavy (non-hydrogen) atoms. The standard InChI is InChI=1S/C16H10BrF3N2/c17-11-2-1-3-12(9-11)22-15-6-7-21-14-5-4-10(8-13(14)15)16(18,19)20/h1-9H,(H,21,22). The Labute approximate surface area is 133 Å². The molecule has 0 saturated carbocycles. The fourth-order valence-corrected chi connectivity index (χ4v) is 2.55. The summed E-state index contributed by atoms with van der Waals surface area (Å²) in [4.78, 5) is 4.11. The average molecular weight is 367 g/mol. The van der Waals surface area contributed by atoms with Crippen LogP contribution < -0.4 is 5.32 Å². The summed E-state index contributed by atoms with van der Waals surface area (Å²) in [6, 6.07) is 12.6. The van der Waals surface area contributed by atoms with E-state index in [0.29, 0.717) is 16.6 Å². The Hall–Kier alpha value is -2.08. The van der Waals surface area contributed by atoms with Crippen LogP contribution in [0, 0.1) is 0 Å². The second-order valence-corrected chi connectivity index (χ2v) is 5.64. The van der Waals surface area contributed by atoms with Gasteiger partial charge in [0.25, 0.3) is 0 Å². The van der Waals surface area contributed by atoms with E-state index in [1.807, 2.05) is 24.3 Å². The third-order valence-electron chi connectivity index (χ3n) is 3.17. The molecular formula is C16H10BrF3N2. The Balaban J connectivity index is 2.09. The van der Waals surface area contributed by atoms with Crippen molar-refractivity contribution in [3.8, 4) is 0 Å². The van der Waals surface area contributed by atoms with Crippen molar-refractivity contribution >= 4 is 38.2 Å². The van der Waals surface area contributed by atoms with E-state index in [4.69, 9.17) is 0 Å². The molecule has 3 aromatic rings. The predicted octanol–water partition coefficient (Wildman–Crippen LogP) is 5.76. The lowest BCUT2D eigenvalue weighted by Gasteiger charge is -2.12. The van der Waals surface area contributed by atoms with Gasteiger partial charge in [0.15, 0.2) is 0 Å². The van der Waals surface area contributed by atoms with Crippen LogP contribution >= 0.6 is 15.9 Å². The molecule has 1 aromatic heterocycles. The van der Waals surface area contributed by atoms with Crippen LogP contribution in [0.1, 0.15) is 5.56 Å². The maximum absolute atomic E-state index is 12.9. The number of aromatic nitrogens is 1. The van der Waals surface area contributed by atoms with E-state index in [9.17, 15) is 13.2 Å². The number of alkyl halides is 3. The highest BCUT2D eigenvalue weighted by molar-refractivity contribution is 9.10. The molecule has 6 heteroatoms. The van der Waals surface area contributed by atoms with Gasteiger partial charge in [-0.25, -0.2) is 0 Å². The van der Waals surface area contributed by atoms with Crippen LogP contribution in [0.25, 0.3) is 10.9 Å². The van der Waals surface area contributed by atoms with Gasteiger partial charge in [-0.3, -0.25) is 4.98 Å². The molecule has 0 aliphatic heterocycles. The summed E-state index contributed by atoms with van der Waals surface area (Å²) in [6.45, 7) is 0. The minimum Gasteiger partial charge on any atom is -0.355 e. The van der Waals surface area contributed by atoms with Crippen LogP contribution in [0.3, 0.4) is 0 Å². The number of hydrogen-bond donors (Lipinski definition) is 1. The second kappa shape index (κ2) is 5.61. The summed E-state index contributed by atoms with van der Waals surface area (Å²) in [7, 11) is 0. The monoisotopic (exact) mass is 366 g/mol. The van der Waals surface area contributed by atoms with Crippen molar-refractivity contribution in [2.45, 2.75) is 6.18 Å². The number of pyridine rings is 1. The molecule has 112 valence electrons. The first-order valence-electron chi connectivity index (χ1n) is 6.42. The van der Waals surface area contributed by atoms with Gasteiger partial charge in [0.05, 0.1) is 11.1 Å². The fourth-order valence-electron chi connectivity index (χ4n) is 2.15. The lowest BCUT2D eigenvalue weighted by atomic mass is 10.1. The molecule has 2 nitrogen and oxygen atoms in total.